The van der Waals surface area contributed by atoms with Crippen molar-refractivity contribution in [3.63, 3.8) is 0 Å². The van der Waals surface area contributed by atoms with Crippen molar-refractivity contribution in [3.8, 4) is 11.1 Å². The number of hydrogen-bond donors (Lipinski definition) is 2. The highest BCUT2D eigenvalue weighted by molar-refractivity contribution is 8.00. The molecular weight excluding hydrogens is 438 g/mol. The molecule has 1 saturated heterocycles. The van der Waals surface area contributed by atoms with Crippen LogP contribution in [-0.4, -0.2) is 53.0 Å². The summed E-state index contributed by atoms with van der Waals surface area (Å²) in [6.45, 7) is 0.900. The summed E-state index contributed by atoms with van der Waals surface area (Å²) in [6.07, 6.45) is 4.61. The summed E-state index contributed by atoms with van der Waals surface area (Å²) < 4.78 is 11.5. The zero-order chi connectivity index (χ0) is 22.8. The number of carbonyl (C=O) groups excluding carboxylic acids is 1. The lowest BCUT2D eigenvalue weighted by Crippen LogP contribution is -2.47. The topological polar surface area (TPSA) is 84.9 Å². The Hall–Kier alpha value is -2.51. The van der Waals surface area contributed by atoms with Gasteiger partial charge in [-0.2, -0.15) is 11.8 Å². The van der Waals surface area contributed by atoms with Gasteiger partial charge >= 0.3 is 12.1 Å². The predicted molar refractivity (Wildman–Crippen MR) is 128 cm³/mol. The maximum atomic E-state index is 12.5. The summed E-state index contributed by atoms with van der Waals surface area (Å²) in [6, 6.07) is 15.3. The number of carboxylic acid groups (broad SMARTS) is 1. The van der Waals surface area contributed by atoms with E-state index in [1.807, 2.05) is 24.3 Å². The molecule has 33 heavy (non-hydrogen) atoms. The van der Waals surface area contributed by atoms with Crippen molar-refractivity contribution >= 4 is 23.8 Å². The molecule has 1 aliphatic heterocycles. The van der Waals surface area contributed by atoms with Gasteiger partial charge < -0.3 is 19.9 Å². The van der Waals surface area contributed by atoms with Gasteiger partial charge in [0.1, 0.15) is 12.6 Å². The van der Waals surface area contributed by atoms with Crippen LogP contribution in [0, 0.1) is 0 Å². The first-order chi connectivity index (χ1) is 16.0. The molecule has 2 N–H and O–H groups in total. The Morgan fingerprint density at radius 2 is 1.79 bits per heavy atom. The van der Waals surface area contributed by atoms with E-state index in [0.717, 1.165) is 54.5 Å². The number of ether oxygens (including phenoxy) is 2. The number of benzene rings is 2. The predicted octanol–water partition coefficient (Wildman–Crippen LogP) is 4.81. The SMILES string of the molecule is O=C(NC(CSC1CCOC2(CCC2)C1)C(=O)O)OCC1c2ccccc2-c2ccccc21. The average Bonchev–Trinajstić information content (AvgIpc) is 3.13. The van der Waals surface area contributed by atoms with Gasteiger partial charge in [0.05, 0.1) is 5.60 Å². The Morgan fingerprint density at radius 3 is 2.39 bits per heavy atom. The molecule has 0 radical (unpaired) electrons. The molecule has 2 aliphatic carbocycles. The second-order valence-electron chi connectivity index (χ2n) is 9.19. The number of carboxylic acids is 1. The fraction of sp³-hybridized carbons (Fsp3) is 0.462. The summed E-state index contributed by atoms with van der Waals surface area (Å²) in [5.41, 5.74) is 4.59. The maximum absolute atomic E-state index is 12.5. The third-order valence-corrected chi connectivity index (χ3v) is 8.54. The van der Waals surface area contributed by atoms with Crippen molar-refractivity contribution in [2.45, 2.75) is 54.9 Å². The summed E-state index contributed by atoms with van der Waals surface area (Å²) in [7, 11) is 0. The fourth-order valence-corrected chi connectivity index (χ4v) is 6.61. The molecule has 5 rings (SSSR count). The lowest BCUT2D eigenvalue weighted by atomic mass is 9.75. The summed E-state index contributed by atoms with van der Waals surface area (Å²) in [5, 5.41) is 12.6. The average molecular weight is 468 g/mol. The molecule has 2 aromatic rings. The van der Waals surface area contributed by atoms with E-state index in [2.05, 4.69) is 29.6 Å². The van der Waals surface area contributed by atoms with E-state index in [9.17, 15) is 14.7 Å². The number of fused-ring (bicyclic) bond motifs is 3. The van der Waals surface area contributed by atoms with Gasteiger partial charge in [-0.25, -0.2) is 9.59 Å². The van der Waals surface area contributed by atoms with Crippen molar-refractivity contribution in [3.05, 3.63) is 59.7 Å². The number of thioether (sulfide) groups is 1. The first kappa shape index (κ1) is 22.3. The van der Waals surface area contributed by atoms with E-state index in [-0.39, 0.29) is 18.1 Å². The number of rotatable bonds is 7. The zero-order valence-corrected chi connectivity index (χ0v) is 19.3. The number of nitrogens with one attached hydrogen (secondary N) is 1. The Labute approximate surface area is 198 Å². The molecule has 7 heteroatoms. The van der Waals surface area contributed by atoms with Crippen LogP contribution in [0.2, 0.25) is 0 Å². The molecule has 174 valence electrons. The molecule has 6 nitrogen and oxygen atoms in total. The van der Waals surface area contributed by atoms with Crippen LogP contribution in [-0.2, 0) is 14.3 Å². The van der Waals surface area contributed by atoms with E-state index in [1.54, 1.807) is 11.8 Å². The second-order valence-corrected chi connectivity index (χ2v) is 10.5. The van der Waals surface area contributed by atoms with Crippen molar-refractivity contribution in [2.75, 3.05) is 19.0 Å². The molecule has 0 bridgehead atoms. The number of aliphatic carboxylic acids is 1. The Kier molecular flexibility index (Phi) is 6.34. The minimum Gasteiger partial charge on any atom is -0.480 e. The van der Waals surface area contributed by atoms with Crippen LogP contribution < -0.4 is 5.32 Å². The van der Waals surface area contributed by atoms with Crippen LogP contribution in [0.1, 0.15) is 49.1 Å². The van der Waals surface area contributed by atoms with Gasteiger partial charge in [-0.05, 0) is 54.4 Å². The molecule has 1 amide bonds. The normalized spacial score (nSPS) is 21.5. The van der Waals surface area contributed by atoms with Gasteiger partial charge in [0.25, 0.3) is 0 Å². The van der Waals surface area contributed by atoms with Crippen molar-refractivity contribution in [1.82, 2.24) is 5.32 Å². The van der Waals surface area contributed by atoms with Gasteiger partial charge in [-0.1, -0.05) is 48.5 Å². The van der Waals surface area contributed by atoms with Crippen LogP contribution in [0.25, 0.3) is 11.1 Å². The van der Waals surface area contributed by atoms with Gasteiger partial charge in [-0.3, -0.25) is 0 Å². The molecule has 3 aliphatic rings. The Balaban J connectivity index is 1.16. The van der Waals surface area contributed by atoms with E-state index < -0.39 is 18.1 Å². The van der Waals surface area contributed by atoms with E-state index in [0.29, 0.717) is 11.0 Å². The highest BCUT2D eigenvalue weighted by atomic mass is 32.2. The first-order valence-electron chi connectivity index (χ1n) is 11.6. The molecule has 2 atom stereocenters. The molecule has 0 aromatic heterocycles. The number of alkyl carbamates (subject to hydrolysis) is 1. The minimum absolute atomic E-state index is 0.0227. The van der Waals surface area contributed by atoms with Crippen LogP contribution in [0.15, 0.2) is 48.5 Å². The Morgan fingerprint density at radius 1 is 1.12 bits per heavy atom. The molecule has 2 fully saturated rings. The van der Waals surface area contributed by atoms with Gasteiger partial charge in [0.2, 0.25) is 0 Å². The van der Waals surface area contributed by atoms with Crippen molar-refractivity contribution in [2.24, 2.45) is 0 Å². The van der Waals surface area contributed by atoms with Crippen molar-refractivity contribution < 1.29 is 24.2 Å². The fourth-order valence-electron chi connectivity index (χ4n) is 5.23. The third-order valence-electron chi connectivity index (χ3n) is 7.14. The molecule has 2 aromatic carbocycles. The van der Waals surface area contributed by atoms with Crippen LogP contribution >= 0.6 is 11.8 Å². The lowest BCUT2D eigenvalue weighted by Gasteiger charge is -2.47. The van der Waals surface area contributed by atoms with Crippen molar-refractivity contribution in [1.29, 1.82) is 0 Å². The molecule has 1 heterocycles. The lowest BCUT2D eigenvalue weighted by molar-refractivity contribution is -0.138. The molecule has 1 spiro atoms. The Bertz CT molecular complexity index is 991. The van der Waals surface area contributed by atoms with Crippen LogP contribution in [0.3, 0.4) is 0 Å². The van der Waals surface area contributed by atoms with E-state index in [4.69, 9.17) is 9.47 Å². The smallest absolute Gasteiger partial charge is 0.407 e. The monoisotopic (exact) mass is 467 g/mol. The van der Waals surface area contributed by atoms with Gasteiger partial charge in [0, 0.05) is 23.5 Å². The van der Waals surface area contributed by atoms with E-state index in [1.165, 1.54) is 6.42 Å². The zero-order valence-electron chi connectivity index (χ0n) is 18.5. The molecule has 2 unspecified atom stereocenters. The maximum Gasteiger partial charge on any atom is 0.407 e. The number of hydrogen-bond acceptors (Lipinski definition) is 5. The minimum atomic E-state index is -1.04. The third kappa shape index (κ3) is 4.62. The summed E-state index contributed by atoms with van der Waals surface area (Å²) in [4.78, 5) is 24.3. The number of carbonyl (C=O) groups is 2. The van der Waals surface area contributed by atoms with Gasteiger partial charge in [-0.15, -0.1) is 0 Å². The highest BCUT2D eigenvalue weighted by Crippen LogP contribution is 2.46. The largest absolute Gasteiger partial charge is 0.480 e. The molecular formula is C26H29NO5S. The standard InChI is InChI=1S/C26H29NO5S/c28-24(29)23(16-33-17-10-13-32-26(14-17)11-5-12-26)27-25(30)31-15-22-20-8-3-1-6-18(20)19-7-2-4-9-21(19)22/h1-4,6-9,17,22-23H,5,10-16H2,(H,27,30)(H,28,29). The quantitative estimate of drug-likeness (QED) is 0.608. The molecule has 1 saturated carbocycles. The second kappa shape index (κ2) is 9.39. The first-order valence-corrected chi connectivity index (χ1v) is 12.7. The summed E-state index contributed by atoms with van der Waals surface area (Å²) in [5.74, 6) is -0.775. The van der Waals surface area contributed by atoms with Crippen LogP contribution in [0.5, 0.6) is 0 Å². The summed E-state index contributed by atoms with van der Waals surface area (Å²) >= 11 is 1.62. The van der Waals surface area contributed by atoms with Gasteiger partial charge in [0.15, 0.2) is 0 Å². The number of amides is 1. The van der Waals surface area contributed by atoms with E-state index >= 15 is 0 Å². The van der Waals surface area contributed by atoms with Crippen LogP contribution in [0.4, 0.5) is 4.79 Å². The highest BCUT2D eigenvalue weighted by Gasteiger charge is 2.42.